The van der Waals surface area contributed by atoms with Crippen LogP contribution in [0.15, 0.2) is 0 Å². The molecule has 5 heteroatoms. The van der Waals surface area contributed by atoms with Crippen molar-refractivity contribution in [2.24, 2.45) is 17.6 Å². The van der Waals surface area contributed by atoms with Crippen molar-refractivity contribution in [2.45, 2.75) is 12.5 Å². The van der Waals surface area contributed by atoms with E-state index in [4.69, 9.17) is 15.9 Å². The zero-order valence-electron chi connectivity index (χ0n) is 5.73. The van der Waals surface area contributed by atoms with E-state index >= 15 is 0 Å². The van der Waals surface area contributed by atoms with Crippen LogP contribution in [0.4, 0.5) is 0 Å². The summed E-state index contributed by atoms with van der Waals surface area (Å²) in [5, 5.41) is 16.8. The highest BCUT2D eigenvalue weighted by molar-refractivity contribution is 5.79. The second-order valence-electron chi connectivity index (χ2n) is 2.71. The van der Waals surface area contributed by atoms with Crippen molar-refractivity contribution < 1.29 is 19.8 Å². The third kappa shape index (κ3) is 1.48. The van der Waals surface area contributed by atoms with Gasteiger partial charge in [-0.1, -0.05) is 0 Å². The van der Waals surface area contributed by atoms with E-state index in [-0.39, 0.29) is 5.92 Å². The van der Waals surface area contributed by atoms with Crippen molar-refractivity contribution in [3.63, 3.8) is 0 Å². The lowest BCUT2D eigenvalue weighted by molar-refractivity contribution is -0.140. The molecule has 1 aliphatic rings. The topological polar surface area (TPSA) is 101 Å². The molecule has 0 aliphatic heterocycles. The largest absolute Gasteiger partial charge is 0.481 e. The molecule has 1 fully saturated rings. The van der Waals surface area contributed by atoms with E-state index < -0.39 is 23.9 Å². The molecule has 0 amide bonds. The van der Waals surface area contributed by atoms with Gasteiger partial charge in [-0.15, -0.1) is 0 Å². The first-order valence-electron chi connectivity index (χ1n) is 3.25. The van der Waals surface area contributed by atoms with Gasteiger partial charge in [0.25, 0.3) is 0 Å². The standard InChI is InChI=1S/C6H9NO4/c7-4(6(10)11)2-1-3(2)5(8)9/h2-4H,1,7H2,(H,8,9)(H,10,11)/t2-,3?,4-/m0/s1. The zero-order valence-corrected chi connectivity index (χ0v) is 5.73. The zero-order chi connectivity index (χ0) is 8.59. The minimum absolute atomic E-state index is 0.370. The Balaban J connectivity index is 2.43. The first-order valence-corrected chi connectivity index (χ1v) is 3.25. The number of hydrogen-bond acceptors (Lipinski definition) is 3. The first kappa shape index (κ1) is 8.00. The summed E-state index contributed by atoms with van der Waals surface area (Å²) in [6.07, 6.45) is 0.392. The predicted molar refractivity (Wildman–Crippen MR) is 34.8 cm³/mol. The molecule has 11 heavy (non-hydrogen) atoms. The number of carboxylic acids is 2. The minimum Gasteiger partial charge on any atom is -0.481 e. The van der Waals surface area contributed by atoms with E-state index in [1.54, 1.807) is 0 Å². The van der Waals surface area contributed by atoms with Gasteiger partial charge in [-0.3, -0.25) is 9.59 Å². The molecule has 4 N–H and O–H groups in total. The van der Waals surface area contributed by atoms with Crippen molar-refractivity contribution >= 4 is 11.9 Å². The van der Waals surface area contributed by atoms with Crippen LogP contribution in [0.1, 0.15) is 6.42 Å². The molecular formula is C6H9NO4. The quantitative estimate of drug-likeness (QED) is 0.496. The maximum Gasteiger partial charge on any atom is 0.320 e. The number of nitrogens with two attached hydrogens (primary N) is 1. The van der Waals surface area contributed by atoms with Crippen LogP contribution in [0.2, 0.25) is 0 Å². The Hall–Kier alpha value is -1.10. The van der Waals surface area contributed by atoms with Crippen molar-refractivity contribution in [3.8, 4) is 0 Å². The smallest absolute Gasteiger partial charge is 0.320 e. The van der Waals surface area contributed by atoms with Gasteiger partial charge in [0.15, 0.2) is 0 Å². The van der Waals surface area contributed by atoms with Gasteiger partial charge >= 0.3 is 11.9 Å². The molecule has 0 aromatic carbocycles. The summed E-state index contributed by atoms with van der Waals surface area (Å²) in [7, 11) is 0. The summed E-state index contributed by atoms with van der Waals surface area (Å²) >= 11 is 0. The summed E-state index contributed by atoms with van der Waals surface area (Å²) < 4.78 is 0. The molecule has 0 spiro atoms. The average Bonchev–Trinajstić information content (AvgIpc) is 2.63. The van der Waals surface area contributed by atoms with Crippen molar-refractivity contribution in [1.82, 2.24) is 0 Å². The van der Waals surface area contributed by atoms with Crippen LogP contribution in [0.5, 0.6) is 0 Å². The molecule has 0 aromatic rings. The van der Waals surface area contributed by atoms with Crippen molar-refractivity contribution in [1.29, 1.82) is 0 Å². The van der Waals surface area contributed by atoms with E-state index in [2.05, 4.69) is 0 Å². The SMILES string of the molecule is N[C@H](C(=O)O)[C@H]1CC1C(=O)O. The van der Waals surface area contributed by atoms with E-state index in [1.807, 2.05) is 0 Å². The van der Waals surface area contributed by atoms with Gasteiger partial charge in [-0.2, -0.15) is 0 Å². The van der Waals surface area contributed by atoms with Gasteiger partial charge in [0.2, 0.25) is 0 Å². The van der Waals surface area contributed by atoms with Crippen LogP contribution in [0.3, 0.4) is 0 Å². The molecule has 0 saturated heterocycles. The van der Waals surface area contributed by atoms with Gasteiger partial charge in [-0.25, -0.2) is 0 Å². The Kier molecular flexibility index (Phi) is 1.82. The Labute approximate surface area is 62.8 Å². The Morgan fingerprint density at radius 2 is 2.00 bits per heavy atom. The molecular weight excluding hydrogens is 150 g/mol. The number of aliphatic carboxylic acids is 2. The molecule has 1 aliphatic carbocycles. The van der Waals surface area contributed by atoms with Crippen molar-refractivity contribution in [3.05, 3.63) is 0 Å². The fourth-order valence-electron chi connectivity index (χ4n) is 1.08. The minimum atomic E-state index is -1.13. The molecule has 0 aromatic heterocycles. The number of carboxylic acid groups (broad SMARTS) is 2. The van der Waals surface area contributed by atoms with Gasteiger partial charge in [0, 0.05) is 0 Å². The van der Waals surface area contributed by atoms with Gasteiger partial charge in [0.05, 0.1) is 5.92 Å². The highest BCUT2D eigenvalue weighted by Gasteiger charge is 2.49. The molecule has 3 atom stereocenters. The van der Waals surface area contributed by atoms with Crippen LogP contribution in [-0.4, -0.2) is 28.2 Å². The van der Waals surface area contributed by atoms with Crippen molar-refractivity contribution in [2.75, 3.05) is 0 Å². The normalized spacial score (nSPS) is 31.0. The van der Waals surface area contributed by atoms with E-state index in [1.165, 1.54) is 0 Å². The van der Waals surface area contributed by atoms with E-state index in [0.29, 0.717) is 6.42 Å². The molecule has 1 unspecified atom stereocenters. The number of rotatable bonds is 3. The van der Waals surface area contributed by atoms with Crippen LogP contribution in [-0.2, 0) is 9.59 Å². The van der Waals surface area contributed by atoms with Crippen LogP contribution >= 0.6 is 0 Å². The monoisotopic (exact) mass is 159 g/mol. The maximum atomic E-state index is 10.3. The third-order valence-corrected chi connectivity index (χ3v) is 1.90. The van der Waals surface area contributed by atoms with E-state index in [0.717, 1.165) is 0 Å². The third-order valence-electron chi connectivity index (χ3n) is 1.90. The average molecular weight is 159 g/mol. The molecule has 0 heterocycles. The van der Waals surface area contributed by atoms with Crippen LogP contribution in [0, 0.1) is 11.8 Å². The summed E-state index contributed by atoms with van der Waals surface area (Å²) in [6, 6.07) is -1.02. The highest BCUT2D eigenvalue weighted by atomic mass is 16.4. The molecule has 1 saturated carbocycles. The van der Waals surface area contributed by atoms with Gasteiger partial charge in [-0.05, 0) is 12.3 Å². The lowest BCUT2D eigenvalue weighted by atomic mass is 10.1. The summed E-state index contributed by atoms with van der Waals surface area (Å²) in [4.78, 5) is 20.5. The number of hydrogen-bond donors (Lipinski definition) is 3. The van der Waals surface area contributed by atoms with Crippen LogP contribution < -0.4 is 5.73 Å². The summed E-state index contributed by atoms with van der Waals surface area (Å²) in [5.74, 6) is -2.99. The maximum absolute atomic E-state index is 10.3. The number of carbonyl (C=O) groups is 2. The Morgan fingerprint density at radius 1 is 1.45 bits per heavy atom. The molecule has 62 valence electrons. The Bertz CT molecular complexity index is 203. The molecule has 0 radical (unpaired) electrons. The lowest BCUT2D eigenvalue weighted by Gasteiger charge is -2.01. The highest BCUT2D eigenvalue weighted by Crippen LogP contribution is 2.40. The Morgan fingerprint density at radius 3 is 2.27 bits per heavy atom. The van der Waals surface area contributed by atoms with E-state index in [9.17, 15) is 9.59 Å². The lowest BCUT2D eigenvalue weighted by Crippen LogP contribution is -2.33. The summed E-state index contributed by atoms with van der Waals surface area (Å²) in [6.45, 7) is 0. The fourth-order valence-corrected chi connectivity index (χ4v) is 1.08. The van der Waals surface area contributed by atoms with Gasteiger partial charge < -0.3 is 15.9 Å². The molecule has 0 bridgehead atoms. The predicted octanol–water partition coefficient (Wildman–Crippen LogP) is -0.881. The second-order valence-corrected chi connectivity index (χ2v) is 2.71. The molecule has 1 rings (SSSR count). The molecule has 5 nitrogen and oxygen atoms in total. The van der Waals surface area contributed by atoms with Crippen LogP contribution in [0.25, 0.3) is 0 Å². The van der Waals surface area contributed by atoms with Gasteiger partial charge in [0.1, 0.15) is 6.04 Å². The fraction of sp³-hybridized carbons (Fsp3) is 0.667. The second kappa shape index (κ2) is 2.50. The first-order chi connectivity index (χ1) is 5.04. The summed E-state index contributed by atoms with van der Waals surface area (Å²) in [5.41, 5.74) is 5.19.